The summed E-state index contributed by atoms with van der Waals surface area (Å²) in [6, 6.07) is 6.06. The molecule has 166 valence electrons. The van der Waals surface area contributed by atoms with Gasteiger partial charge in [0.1, 0.15) is 17.5 Å². The number of nitrogens with zero attached hydrogens (tertiary/aromatic N) is 1. The van der Waals surface area contributed by atoms with Gasteiger partial charge in [0.05, 0.1) is 19.1 Å². The number of carboxylic acids is 1. The molecule has 0 aliphatic carbocycles. The molecule has 1 aromatic rings. The number of carbonyl (C=O) groups excluding carboxylic acids is 4. The first-order chi connectivity index (χ1) is 14.6. The zero-order valence-electron chi connectivity index (χ0n) is 18.6. The number of carbonyl (C=O) groups is 4. The normalized spacial score (nSPS) is 24.4. The Labute approximate surface area is 233 Å². The molecule has 2 N–H and O–H groups in total. The standard InChI is InChI=1S/C21H25N3O6S.K/c1-11(10-13(25)30-4)22-14(12-8-6-5-7-9-12)17(26)23-15-18(27)24-16(20(28)29)21(2,3)31-19(15)24;/h5-10,14-16,19,22H,1-4H3,(H,23,26)(H,28,29);/q;+1/p-1. The summed E-state index contributed by atoms with van der Waals surface area (Å²) in [6.07, 6.45) is 1.22. The number of thioether (sulfide) groups is 1. The maximum atomic E-state index is 13.1. The summed E-state index contributed by atoms with van der Waals surface area (Å²) in [5, 5.41) is 16.8. The molecule has 2 fully saturated rings. The molecule has 3 rings (SSSR count). The SMILES string of the molecule is COC(=O)C=C(C)NC(C(=O)NC1C(=O)N2C1SC(C)(C)C2C(=O)[O-])c1ccccc1.[K+]. The minimum Gasteiger partial charge on any atom is -0.548 e. The molecule has 0 radical (unpaired) electrons. The largest absolute Gasteiger partial charge is 1.00 e. The number of nitrogens with one attached hydrogen (secondary N) is 2. The van der Waals surface area contributed by atoms with Gasteiger partial charge >= 0.3 is 57.4 Å². The van der Waals surface area contributed by atoms with Gasteiger partial charge in [0.15, 0.2) is 0 Å². The van der Waals surface area contributed by atoms with Crippen molar-refractivity contribution in [3.05, 3.63) is 47.7 Å². The average Bonchev–Trinajstić information content (AvgIpc) is 2.98. The molecule has 2 saturated heterocycles. The van der Waals surface area contributed by atoms with E-state index in [1.165, 1.54) is 29.8 Å². The van der Waals surface area contributed by atoms with Gasteiger partial charge in [0, 0.05) is 16.5 Å². The third-order valence-corrected chi connectivity index (χ3v) is 6.84. The number of hydrogen-bond acceptors (Lipinski definition) is 8. The first kappa shape index (κ1) is 26.9. The van der Waals surface area contributed by atoms with Crippen molar-refractivity contribution in [1.82, 2.24) is 15.5 Å². The first-order valence-electron chi connectivity index (χ1n) is 9.65. The number of ether oxygens (including phenoxy) is 1. The van der Waals surface area contributed by atoms with E-state index in [-0.39, 0.29) is 51.4 Å². The van der Waals surface area contributed by atoms with Crippen molar-refractivity contribution < 1.29 is 80.4 Å². The molecule has 2 aliphatic rings. The van der Waals surface area contributed by atoms with Crippen molar-refractivity contribution in [2.45, 2.75) is 49.0 Å². The van der Waals surface area contributed by atoms with E-state index in [0.29, 0.717) is 11.3 Å². The minimum absolute atomic E-state index is 0. The fourth-order valence-electron chi connectivity index (χ4n) is 3.81. The Morgan fingerprint density at radius 2 is 1.88 bits per heavy atom. The molecule has 0 aromatic heterocycles. The number of hydrogen-bond donors (Lipinski definition) is 2. The predicted octanol–water partition coefficient (Wildman–Crippen LogP) is -3.30. The monoisotopic (exact) mass is 485 g/mol. The van der Waals surface area contributed by atoms with Crippen LogP contribution in [0.1, 0.15) is 32.4 Å². The van der Waals surface area contributed by atoms with Crippen LogP contribution >= 0.6 is 11.8 Å². The van der Waals surface area contributed by atoms with Crippen LogP contribution < -0.4 is 67.1 Å². The van der Waals surface area contributed by atoms with Crippen LogP contribution in [0.2, 0.25) is 0 Å². The maximum Gasteiger partial charge on any atom is 1.00 e. The average molecular weight is 486 g/mol. The van der Waals surface area contributed by atoms with Crippen molar-refractivity contribution in [3.8, 4) is 0 Å². The molecule has 11 heteroatoms. The Kier molecular flexibility index (Phi) is 8.99. The van der Waals surface area contributed by atoms with Crippen LogP contribution in [-0.4, -0.2) is 58.0 Å². The molecular weight excluding hydrogens is 461 g/mol. The van der Waals surface area contributed by atoms with E-state index in [0.717, 1.165) is 0 Å². The van der Waals surface area contributed by atoms with Gasteiger partial charge in [-0.15, -0.1) is 11.8 Å². The van der Waals surface area contributed by atoms with Gasteiger partial charge in [0.25, 0.3) is 0 Å². The van der Waals surface area contributed by atoms with E-state index >= 15 is 0 Å². The van der Waals surface area contributed by atoms with Gasteiger partial charge in [-0.1, -0.05) is 30.3 Å². The minimum atomic E-state index is -1.31. The summed E-state index contributed by atoms with van der Waals surface area (Å²) in [5.41, 5.74) is 1.04. The van der Waals surface area contributed by atoms with Gasteiger partial charge in [-0.25, -0.2) is 4.79 Å². The van der Waals surface area contributed by atoms with Gasteiger partial charge < -0.3 is 30.2 Å². The van der Waals surface area contributed by atoms with Crippen LogP contribution in [0.4, 0.5) is 0 Å². The molecular formula is C21H24KN3O6S. The van der Waals surface area contributed by atoms with Crippen molar-refractivity contribution in [3.63, 3.8) is 0 Å². The number of rotatable bonds is 7. The van der Waals surface area contributed by atoms with E-state index in [2.05, 4.69) is 15.4 Å². The van der Waals surface area contributed by atoms with Gasteiger partial charge in [0.2, 0.25) is 11.8 Å². The van der Waals surface area contributed by atoms with Crippen LogP contribution in [-0.2, 0) is 23.9 Å². The topological polar surface area (TPSA) is 128 Å². The molecule has 2 amide bonds. The van der Waals surface area contributed by atoms with Gasteiger partial charge in [-0.05, 0) is 26.3 Å². The van der Waals surface area contributed by atoms with E-state index in [4.69, 9.17) is 0 Å². The predicted molar refractivity (Wildman–Crippen MR) is 111 cm³/mol. The summed E-state index contributed by atoms with van der Waals surface area (Å²) in [5.74, 6) is -2.82. The molecule has 9 nitrogen and oxygen atoms in total. The zero-order valence-corrected chi connectivity index (χ0v) is 22.5. The summed E-state index contributed by atoms with van der Waals surface area (Å²) in [6.45, 7) is 5.09. The summed E-state index contributed by atoms with van der Waals surface area (Å²) < 4.78 is 3.87. The maximum absolute atomic E-state index is 13.1. The van der Waals surface area contributed by atoms with Crippen LogP contribution in [0.5, 0.6) is 0 Å². The quantitative estimate of drug-likeness (QED) is 0.178. The van der Waals surface area contributed by atoms with Crippen LogP contribution in [0.25, 0.3) is 0 Å². The molecule has 1 aromatic carbocycles. The summed E-state index contributed by atoms with van der Waals surface area (Å²) in [4.78, 5) is 50.1. The Morgan fingerprint density at radius 3 is 2.44 bits per heavy atom. The first-order valence-corrected chi connectivity index (χ1v) is 10.5. The molecule has 32 heavy (non-hydrogen) atoms. The smallest absolute Gasteiger partial charge is 0.548 e. The van der Waals surface area contributed by atoms with Crippen LogP contribution in [0.15, 0.2) is 42.1 Å². The van der Waals surface area contributed by atoms with Crippen molar-refractivity contribution in [1.29, 1.82) is 0 Å². The van der Waals surface area contributed by atoms with E-state index in [1.807, 2.05) is 0 Å². The molecule has 0 bridgehead atoms. The molecule has 2 aliphatic heterocycles. The number of methoxy groups -OCH3 is 1. The molecule has 0 spiro atoms. The number of β-lactam (4-membered cyclic amide) rings is 1. The van der Waals surface area contributed by atoms with E-state index in [1.54, 1.807) is 51.1 Å². The number of fused-ring (bicyclic) bond motifs is 1. The Hall–Kier alpha value is -1.37. The fraction of sp³-hybridized carbons (Fsp3) is 0.429. The van der Waals surface area contributed by atoms with Gasteiger partial charge in [-0.3, -0.25) is 9.59 Å². The number of allylic oxidation sites excluding steroid dienone is 1. The Bertz CT molecular complexity index is 939. The molecule has 4 unspecified atom stereocenters. The third-order valence-electron chi connectivity index (χ3n) is 5.26. The second-order valence-electron chi connectivity index (χ2n) is 7.90. The second-order valence-corrected chi connectivity index (χ2v) is 9.67. The number of aliphatic carboxylic acids is 1. The van der Waals surface area contributed by atoms with E-state index < -0.39 is 52.0 Å². The van der Waals surface area contributed by atoms with Gasteiger partial charge in [-0.2, -0.15) is 0 Å². The van der Waals surface area contributed by atoms with E-state index in [9.17, 15) is 24.3 Å². The summed E-state index contributed by atoms with van der Waals surface area (Å²) >= 11 is 1.32. The fourth-order valence-corrected chi connectivity index (χ4v) is 5.43. The Morgan fingerprint density at radius 1 is 1.25 bits per heavy atom. The number of carboxylic acid groups (broad SMARTS) is 1. The third kappa shape index (κ3) is 5.40. The molecule has 4 atom stereocenters. The van der Waals surface area contributed by atoms with Crippen molar-refractivity contribution in [2.75, 3.05) is 7.11 Å². The van der Waals surface area contributed by atoms with Crippen molar-refractivity contribution in [2.24, 2.45) is 0 Å². The number of esters is 1. The Balaban J connectivity index is 0.00000363. The molecule has 0 saturated carbocycles. The zero-order chi connectivity index (χ0) is 22.9. The van der Waals surface area contributed by atoms with Crippen LogP contribution in [0, 0.1) is 0 Å². The van der Waals surface area contributed by atoms with Crippen molar-refractivity contribution >= 4 is 35.5 Å². The van der Waals surface area contributed by atoms with Crippen LogP contribution in [0.3, 0.4) is 0 Å². The number of benzene rings is 1. The summed E-state index contributed by atoms with van der Waals surface area (Å²) in [7, 11) is 1.25. The molecule has 2 heterocycles. The second kappa shape index (κ2) is 10.7. The number of amides is 2.